The maximum atomic E-state index is 13.3. The lowest BCUT2D eigenvalue weighted by molar-refractivity contribution is -0.739. The molecule has 2 aliphatic rings. The molecule has 1 aliphatic carbocycles. The van der Waals surface area contributed by atoms with Gasteiger partial charge < -0.3 is 4.74 Å². The summed E-state index contributed by atoms with van der Waals surface area (Å²) < 4.78 is 49.0. The molecule has 0 spiro atoms. The van der Waals surface area contributed by atoms with Crippen LogP contribution in [-0.4, -0.2) is 15.9 Å². The molecular formula is C19H13Cl2F3N3O+. The number of nitrogens with zero attached hydrogens (tertiary/aromatic N) is 3. The first kappa shape index (κ1) is 18.0. The molecule has 0 saturated carbocycles. The van der Waals surface area contributed by atoms with Crippen molar-refractivity contribution >= 4 is 23.2 Å². The van der Waals surface area contributed by atoms with Gasteiger partial charge in [-0.05, 0) is 23.3 Å². The zero-order chi connectivity index (χ0) is 19.6. The van der Waals surface area contributed by atoms with Crippen LogP contribution in [0.25, 0.3) is 5.69 Å². The van der Waals surface area contributed by atoms with Gasteiger partial charge in [-0.3, -0.25) is 0 Å². The van der Waals surface area contributed by atoms with Crippen molar-refractivity contribution in [2.75, 3.05) is 0 Å². The molecule has 5 rings (SSSR count). The lowest BCUT2D eigenvalue weighted by atomic mass is 10.1. The molecule has 0 saturated heterocycles. The van der Waals surface area contributed by atoms with Crippen molar-refractivity contribution in [1.29, 1.82) is 0 Å². The Labute approximate surface area is 168 Å². The second kappa shape index (κ2) is 6.20. The standard InChI is InChI=1S/C19H13Cl2F3N3O/c20-13-6-5-12(19(22,23)24)16(21)18(13)27-9-26-15(25-27)8-28-14-7-10-3-1-2-4-11(10)17(14)26/h1-6,9,14,17H,7-8H2/q+1. The highest BCUT2D eigenvalue weighted by Gasteiger charge is 2.44. The molecule has 0 fully saturated rings. The average Bonchev–Trinajstić information content (AvgIpc) is 3.20. The second-order valence-corrected chi connectivity index (χ2v) is 7.62. The molecular weight excluding hydrogens is 414 g/mol. The normalized spacial score (nSPS) is 20.6. The first-order valence-corrected chi connectivity index (χ1v) is 9.35. The number of aromatic nitrogens is 3. The molecule has 2 heterocycles. The number of hydrogen-bond donors (Lipinski definition) is 0. The number of rotatable bonds is 1. The summed E-state index contributed by atoms with van der Waals surface area (Å²) in [5.74, 6) is 0.600. The molecule has 2 unspecified atom stereocenters. The fourth-order valence-corrected chi connectivity index (χ4v) is 4.65. The molecule has 0 radical (unpaired) electrons. The Hall–Kier alpha value is -2.09. The van der Waals surface area contributed by atoms with E-state index in [1.54, 1.807) is 6.33 Å². The number of benzene rings is 2. The first-order chi connectivity index (χ1) is 13.3. The molecule has 1 aliphatic heterocycles. The van der Waals surface area contributed by atoms with E-state index in [0.29, 0.717) is 5.82 Å². The third kappa shape index (κ3) is 2.64. The third-order valence-corrected chi connectivity index (χ3v) is 5.92. The summed E-state index contributed by atoms with van der Waals surface area (Å²) in [5, 5.41) is 4.02. The molecule has 0 bridgehead atoms. The van der Waals surface area contributed by atoms with Crippen LogP contribution in [0, 0.1) is 0 Å². The predicted octanol–water partition coefficient (Wildman–Crippen LogP) is 4.53. The molecule has 144 valence electrons. The van der Waals surface area contributed by atoms with Crippen molar-refractivity contribution < 1.29 is 22.5 Å². The summed E-state index contributed by atoms with van der Waals surface area (Å²) in [6, 6.07) is 10.00. The molecule has 0 amide bonds. The molecule has 1 aromatic heterocycles. The van der Waals surface area contributed by atoms with Crippen molar-refractivity contribution in [2.24, 2.45) is 0 Å². The van der Waals surface area contributed by atoms with E-state index in [4.69, 9.17) is 27.9 Å². The van der Waals surface area contributed by atoms with Crippen molar-refractivity contribution in [1.82, 2.24) is 9.78 Å². The lowest BCUT2D eigenvalue weighted by Gasteiger charge is -2.23. The van der Waals surface area contributed by atoms with Crippen LogP contribution < -0.4 is 4.57 Å². The van der Waals surface area contributed by atoms with Gasteiger partial charge in [0, 0.05) is 11.5 Å². The van der Waals surface area contributed by atoms with Crippen LogP contribution in [0.15, 0.2) is 42.7 Å². The number of hydrogen-bond acceptors (Lipinski definition) is 2. The minimum absolute atomic E-state index is 0.00268. The summed E-state index contributed by atoms with van der Waals surface area (Å²) in [5.41, 5.74) is 1.37. The molecule has 3 aromatic rings. The molecule has 9 heteroatoms. The maximum absolute atomic E-state index is 13.3. The summed E-state index contributed by atoms with van der Waals surface area (Å²) >= 11 is 12.3. The number of halogens is 5. The van der Waals surface area contributed by atoms with Gasteiger partial charge in [-0.25, -0.2) is 4.57 Å². The van der Waals surface area contributed by atoms with E-state index >= 15 is 0 Å². The van der Waals surface area contributed by atoms with Crippen LogP contribution >= 0.6 is 23.2 Å². The number of alkyl halides is 3. The Morgan fingerprint density at radius 2 is 1.93 bits per heavy atom. The van der Waals surface area contributed by atoms with E-state index in [0.717, 1.165) is 18.1 Å². The van der Waals surface area contributed by atoms with Crippen LogP contribution in [0.1, 0.15) is 28.6 Å². The van der Waals surface area contributed by atoms with Crippen molar-refractivity contribution in [2.45, 2.75) is 31.3 Å². The molecule has 2 aromatic carbocycles. The zero-order valence-electron chi connectivity index (χ0n) is 14.3. The largest absolute Gasteiger partial charge is 0.417 e. The molecule has 4 nitrogen and oxygen atoms in total. The fourth-order valence-electron chi connectivity index (χ4n) is 4.00. The second-order valence-electron chi connectivity index (χ2n) is 6.84. The van der Waals surface area contributed by atoms with Gasteiger partial charge in [-0.1, -0.05) is 52.1 Å². The highest BCUT2D eigenvalue weighted by atomic mass is 35.5. The van der Waals surface area contributed by atoms with Gasteiger partial charge in [-0.2, -0.15) is 13.2 Å². The smallest absolute Gasteiger partial charge is 0.363 e. The van der Waals surface area contributed by atoms with Gasteiger partial charge >= 0.3 is 12.0 Å². The highest BCUT2D eigenvalue weighted by molar-refractivity contribution is 6.38. The Bertz CT molecular complexity index is 1100. The van der Waals surface area contributed by atoms with Gasteiger partial charge in [0.25, 0.3) is 0 Å². The Morgan fingerprint density at radius 3 is 2.71 bits per heavy atom. The van der Waals surface area contributed by atoms with Crippen molar-refractivity contribution in [3.05, 3.63) is 75.3 Å². The van der Waals surface area contributed by atoms with E-state index in [9.17, 15) is 13.2 Å². The van der Waals surface area contributed by atoms with E-state index in [1.165, 1.54) is 16.3 Å². The topological polar surface area (TPSA) is 30.9 Å². The monoisotopic (exact) mass is 426 g/mol. The molecule has 0 N–H and O–H groups in total. The van der Waals surface area contributed by atoms with Crippen LogP contribution in [-0.2, 0) is 23.9 Å². The van der Waals surface area contributed by atoms with Gasteiger partial charge in [-0.15, -0.1) is 0 Å². The van der Waals surface area contributed by atoms with Crippen LogP contribution in [0.5, 0.6) is 0 Å². The Kier molecular flexibility index (Phi) is 3.98. The highest BCUT2D eigenvalue weighted by Crippen LogP contribution is 2.41. The van der Waals surface area contributed by atoms with E-state index < -0.39 is 16.8 Å². The van der Waals surface area contributed by atoms with Gasteiger partial charge in [0.15, 0.2) is 5.69 Å². The van der Waals surface area contributed by atoms with Gasteiger partial charge in [0.1, 0.15) is 18.8 Å². The number of ether oxygens (including phenoxy) is 1. The Balaban J connectivity index is 1.65. The van der Waals surface area contributed by atoms with Gasteiger partial charge in [0.2, 0.25) is 6.33 Å². The number of fused-ring (bicyclic) bond motifs is 5. The Morgan fingerprint density at radius 1 is 1.14 bits per heavy atom. The minimum atomic E-state index is -4.59. The molecule has 28 heavy (non-hydrogen) atoms. The fraction of sp³-hybridized carbons (Fsp3) is 0.263. The van der Waals surface area contributed by atoms with Crippen LogP contribution in [0.4, 0.5) is 13.2 Å². The predicted molar refractivity (Wildman–Crippen MR) is 95.6 cm³/mol. The summed E-state index contributed by atoms with van der Waals surface area (Å²) in [7, 11) is 0. The summed E-state index contributed by atoms with van der Waals surface area (Å²) in [6.45, 7) is 0.260. The van der Waals surface area contributed by atoms with Crippen LogP contribution in [0.2, 0.25) is 10.0 Å². The third-order valence-electron chi connectivity index (χ3n) is 5.23. The summed E-state index contributed by atoms with van der Waals surface area (Å²) in [4.78, 5) is 0. The first-order valence-electron chi connectivity index (χ1n) is 8.59. The average molecular weight is 427 g/mol. The zero-order valence-corrected chi connectivity index (χ0v) is 15.8. The minimum Gasteiger partial charge on any atom is -0.363 e. The van der Waals surface area contributed by atoms with Crippen molar-refractivity contribution in [3.8, 4) is 5.69 Å². The summed E-state index contributed by atoms with van der Waals surface area (Å²) in [6.07, 6.45) is -2.21. The molecule has 2 atom stereocenters. The van der Waals surface area contributed by atoms with Crippen molar-refractivity contribution in [3.63, 3.8) is 0 Å². The van der Waals surface area contributed by atoms with Gasteiger partial charge in [0.05, 0.1) is 15.6 Å². The van der Waals surface area contributed by atoms with E-state index in [1.807, 2.05) is 22.8 Å². The van der Waals surface area contributed by atoms with E-state index in [-0.39, 0.29) is 29.5 Å². The SMILES string of the molecule is FC(F)(F)c1ccc(Cl)c(-n2c[n+]3c(n2)COC2Cc4ccccc4C23)c1Cl. The van der Waals surface area contributed by atoms with Crippen LogP contribution in [0.3, 0.4) is 0 Å². The maximum Gasteiger partial charge on any atom is 0.417 e. The lowest BCUT2D eigenvalue weighted by Crippen LogP contribution is -2.51. The van der Waals surface area contributed by atoms with E-state index in [2.05, 4.69) is 11.2 Å². The quantitative estimate of drug-likeness (QED) is 0.535.